The summed E-state index contributed by atoms with van der Waals surface area (Å²) < 4.78 is 19.2. The van der Waals surface area contributed by atoms with E-state index in [-0.39, 0.29) is 11.9 Å². The van der Waals surface area contributed by atoms with Gasteiger partial charge in [-0.2, -0.15) is 0 Å². The number of ether oxygens (including phenoxy) is 1. The predicted molar refractivity (Wildman–Crippen MR) is 85.1 cm³/mol. The monoisotopic (exact) mass is 293 g/mol. The lowest BCUT2D eigenvalue weighted by Gasteiger charge is -2.37. The van der Waals surface area contributed by atoms with E-state index < -0.39 is 0 Å². The van der Waals surface area contributed by atoms with Gasteiger partial charge in [-0.1, -0.05) is 26.7 Å². The third-order valence-corrected chi connectivity index (χ3v) is 4.35. The van der Waals surface area contributed by atoms with Crippen molar-refractivity contribution < 1.29 is 9.13 Å². The summed E-state index contributed by atoms with van der Waals surface area (Å²) >= 11 is 0. The predicted octanol–water partition coefficient (Wildman–Crippen LogP) is 4.54. The first-order chi connectivity index (χ1) is 10.2. The number of halogens is 1. The normalized spacial score (nSPS) is 25.8. The molecule has 1 N–H and O–H groups in total. The molecule has 0 amide bonds. The van der Waals surface area contributed by atoms with Gasteiger partial charge in [0.2, 0.25) is 0 Å². The molecule has 2 rings (SSSR count). The molecule has 0 aromatic heterocycles. The van der Waals surface area contributed by atoms with Gasteiger partial charge in [0.15, 0.2) is 0 Å². The second-order valence-corrected chi connectivity index (χ2v) is 6.14. The first-order valence-corrected chi connectivity index (χ1v) is 8.38. The van der Waals surface area contributed by atoms with Crippen molar-refractivity contribution in [3.63, 3.8) is 0 Å². The van der Waals surface area contributed by atoms with Crippen molar-refractivity contribution >= 4 is 0 Å². The third kappa shape index (κ3) is 4.99. The van der Waals surface area contributed by atoms with E-state index in [2.05, 4.69) is 19.2 Å². The highest BCUT2D eigenvalue weighted by atomic mass is 19.1. The molecule has 0 heterocycles. The van der Waals surface area contributed by atoms with Crippen molar-refractivity contribution in [1.82, 2.24) is 5.32 Å². The lowest BCUT2D eigenvalue weighted by molar-refractivity contribution is 0.0832. The molecule has 1 aliphatic carbocycles. The summed E-state index contributed by atoms with van der Waals surface area (Å²) in [5, 5.41) is 3.62. The minimum Gasteiger partial charge on any atom is -0.489 e. The zero-order chi connectivity index (χ0) is 15.1. The fourth-order valence-electron chi connectivity index (χ4n) is 3.26. The van der Waals surface area contributed by atoms with Gasteiger partial charge in [-0.25, -0.2) is 4.39 Å². The number of benzene rings is 1. The lowest BCUT2D eigenvalue weighted by Crippen LogP contribution is -2.47. The summed E-state index contributed by atoms with van der Waals surface area (Å²) in [5.74, 6) is 1.33. The highest BCUT2D eigenvalue weighted by Gasteiger charge is 2.31. The summed E-state index contributed by atoms with van der Waals surface area (Å²) in [4.78, 5) is 0. The summed E-state index contributed by atoms with van der Waals surface area (Å²) in [6.07, 6.45) is 7.43. The van der Waals surface area contributed by atoms with E-state index in [9.17, 15) is 4.39 Å². The molecule has 1 aromatic rings. The van der Waals surface area contributed by atoms with Crippen LogP contribution in [0.3, 0.4) is 0 Å². The van der Waals surface area contributed by atoms with Crippen LogP contribution >= 0.6 is 0 Å². The van der Waals surface area contributed by atoms with Gasteiger partial charge in [-0.05, 0) is 62.4 Å². The van der Waals surface area contributed by atoms with Crippen molar-refractivity contribution in [2.75, 3.05) is 6.54 Å². The van der Waals surface area contributed by atoms with E-state index in [0.717, 1.165) is 31.1 Å². The molecule has 118 valence electrons. The van der Waals surface area contributed by atoms with Gasteiger partial charge in [0.1, 0.15) is 17.7 Å². The summed E-state index contributed by atoms with van der Waals surface area (Å²) in [6.45, 7) is 5.47. The molecule has 21 heavy (non-hydrogen) atoms. The third-order valence-electron chi connectivity index (χ3n) is 4.35. The largest absolute Gasteiger partial charge is 0.489 e. The Hall–Kier alpha value is -1.09. The van der Waals surface area contributed by atoms with Crippen LogP contribution in [0.25, 0.3) is 0 Å². The second-order valence-electron chi connectivity index (χ2n) is 6.14. The van der Waals surface area contributed by atoms with Gasteiger partial charge in [0.05, 0.1) is 0 Å². The lowest BCUT2D eigenvalue weighted by atomic mass is 9.81. The minimum absolute atomic E-state index is 0.201. The fraction of sp³-hybridized carbons (Fsp3) is 0.667. The molecule has 3 heteroatoms. The fourth-order valence-corrected chi connectivity index (χ4v) is 3.26. The number of nitrogens with one attached hydrogen (secondary N) is 1. The highest BCUT2D eigenvalue weighted by Crippen LogP contribution is 2.31. The Labute approximate surface area is 128 Å². The zero-order valence-electron chi connectivity index (χ0n) is 13.3. The Kier molecular flexibility index (Phi) is 6.50. The highest BCUT2D eigenvalue weighted by molar-refractivity contribution is 5.22. The molecular formula is C18H28FNO. The van der Waals surface area contributed by atoms with E-state index in [0.29, 0.717) is 6.04 Å². The van der Waals surface area contributed by atoms with Crippen LogP contribution in [0.4, 0.5) is 4.39 Å². The van der Waals surface area contributed by atoms with Crippen LogP contribution in [0.15, 0.2) is 24.3 Å². The Balaban J connectivity index is 1.99. The summed E-state index contributed by atoms with van der Waals surface area (Å²) in [5.41, 5.74) is 0. The zero-order valence-corrected chi connectivity index (χ0v) is 13.3. The van der Waals surface area contributed by atoms with E-state index >= 15 is 0 Å². The molecule has 3 atom stereocenters. The first kappa shape index (κ1) is 16.3. The van der Waals surface area contributed by atoms with Gasteiger partial charge in [0, 0.05) is 6.04 Å². The molecule has 1 fully saturated rings. The number of rotatable bonds is 7. The molecule has 0 aliphatic heterocycles. The first-order valence-electron chi connectivity index (χ1n) is 8.38. The minimum atomic E-state index is -0.212. The quantitative estimate of drug-likeness (QED) is 0.797. The average molecular weight is 293 g/mol. The molecule has 0 spiro atoms. The van der Waals surface area contributed by atoms with Gasteiger partial charge in [0.25, 0.3) is 0 Å². The van der Waals surface area contributed by atoms with Gasteiger partial charge < -0.3 is 10.1 Å². The van der Waals surface area contributed by atoms with Gasteiger partial charge in [-0.15, -0.1) is 0 Å². The Bertz CT molecular complexity index is 406. The van der Waals surface area contributed by atoms with Crippen LogP contribution in [0.5, 0.6) is 5.75 Å². The Morgan fingerprint density at radius 2 is 1.90 bits per heavy atom. The Morgan fingerprint density at radius 3 is 2.57 bits per heavy atom. The van der Waals surface area contributed by atoms with Crippen molar-refractivity contribution in [3.8, 4) is 5.75 Å². The number of hydrogen-bond donors (Lipinski definition) is 1. The molecule has 1 aromatic carbocycles. The van der Waals surface area contributed by atoms with Crippen LogP contribution < -0.4 is 10.1 Å². The molecule has 1 saturated carbocycles. The van der Waals surface area contributed by atoms with Crippen LogP contribution in [-0.4, -0.2) is 18.7 Å². The molecule has 0 saturated heterocycles. The molecule has 3 unspecified atom stereocenters. The molecule has 0 bridgehead atoms. The van der Waals surface area contributed by atoms with E-state index in [1.807, 2.05) is 0 Å². The molecular weight excluding hydrogens is 265 g/mol. The van der Waals surface area contributed by atoms with Crippen molar-refractivity contribution in [2.45, 2.75) is 64.5 Å². The smallest absolute Gasteiger partial charge is 0.123 e. The van der Waals surface area contributed by atoms with E-state index in [1.165, 1.54) is 37.8 Å². The van der Waals surface area contributed by atoms with Crippen molar-refractivity contribution in [2.24, 2.45) is 5.92 Å². The molecule has 1 aliphatic rings. The standard InChI is InChI=1S/C18H28FNO/c1-3-5-14-6-11-17(20-12-4-2)18(13-14)21-16-9-7-15(19)8-10-16/h7-10,14,17-18,20H,3-6,11-13H2,1-2H3. The summed E-state index contributed by atoms with van der Waals surface area (Å²) in [7, 11) is 0. The molecule has 2 nitrogen and oxygen atoms in total. The van der Waals surface area contributed by atoms with Crippen molar-refractivity contribution in [3.05, 3.63) is 30.1 Å². The van der Waals surface area contributed by atoms with E-state index in [1.54, 1.807) is 12.1 Å². The average Bonchev–Trinajstić information content (AvgIpc) is 2.49. The maximum atomic E-state index is 13.0. The maximum Gasteiger partial charge on any atom is 0.123 e. The van der Waals surface area contributed by atoms with Gasteiger partial charge >= 0.3 is 0 Å². The van der Waals surface area contributed by atoms with Crippen LogP contribution in [0, 0.1) is 11.7 Å². The maximum absolute atomic E-state index is 13.0. The Morgan fingerprint density at radius 1 is 1.14 bits per heavy atom. The number of hydrogen-bond acceptors (Lipinski definition) is 2. The van der Waals surface area contributed by atoms with Crippen LogP contribution in [0.1, 0.15) is 52.4 Å². The van der Waals surface area contributed by atoms with E-state index in [4.69, 9.17) is 4.74 Å². The SMILES string of the molecule is CCCNC1CCC(CCC)CC1Oc1ccc(F)cc1. The van der Waals surface area contributed by atoms with Gasteiger partial charge in [-0.3, -0.25) is 0 Å². The van der Waals surface area contributed by atoms with Crippen molar-refractivity contribution in [1.29, 1.82) is 0 Å². The second kappa shape index (κ2) is 8.38. The van der Waals surface area contributed by atoms with Crippen LogP contribution in [0.2, 0.25) is 0 Å². The van der Waals surface area contributed by atoms with Crippen LogP contribution in [-0.2, 0) is 0 Å². The molecule has 0 radical (unpaired) electrons. The topological polar surface area (TPSA) is 21.3 Å². The summed E-state index contributed by atoms with van der Waals surface area (Å²) in [6, 6.07) is 6.82.